The Hall–Kier alpha value is -3.60. The normalized spacial score (nSPS) is 10.8. The molecule has 10 nitrogen and oxygen atoms in total. The molecule has 0 unspecified atom stereocenters. The van der Waals surface area contributed by atoms with Crippen LogP contribution in [0.3, 0.4) is 0 Å². The number of carbonyl (C=O) groups excluding carboxylic acids is 1. The quantitative estimate of drug-likeness (QED) is 0.506. The molecular formula is C16H14N8O2S. The summed E-state index contributed by atoms with van der Waals surface area (Å²) in [6.07, 6.45) is 2.87. The molecule has 0 fully saturated rings. The average Bonchev–Trinajstić information content (AvgIpc) is 3.43. The number of H-pyrrole nitrogens is 1. The van der Waals surface area contributed by atoms with Crippen LogP contribution in [0.25, 0.3) is 16.4 Å². The third-order valence-electron chi connectivity index (χ3n) is 3.71. The number of thiophene rings is 1. The van der Waals surface area contributed by atoms with Gasteiger partial charge in [0, 0.05) is 12.6 Å². The number of nitrogens with zero attached hydrogens (tertiary/aromatic N) is 6. The van der Waals surface area contributed by atoms with Gasteiger partial charge in [-0.15, -0.1) is 16.4 Å². The van der Waals surface area contributed by atoms with Gasteiger partial charge in [-0.05, 0) is 23.6 Å². The summed E-state index contributed by atoms with van der Waals surface area (Å²) in [6.45, 7) is 0.447. The molecule has 4 heterocycles. The lowest BCUT2D eigenvalue weighted by molar-refractivity contribution is 0.0946. The molecule has 0 aromatic carbocycles. The Kier molecular flexibility index (Phi) is 4.58. The van der Waals surface area contributed by atoms with E-state index in [-0.39, 0.29) is 30.2 Å². The fraction of sp³-hybridized carbons (Fsp3) is 0.125. The predicted octanol–water partition coefficient (Wildman–Crippen LogP) is 0.706. The highest BCUT2D eigenvalue weighted by atomic mass is 32.1. The second kappa shape index (κ2) is 7.33. The van der Waals surface area contributed by atoms with E-state index in [0.29, 0.717) is 5.82 Å². The molecule has 0 radical (unpaired) electrons. The van der Waals surface area contributed by atoms with Crippen LogP contribution in [-0.2, 0) is 6.54 Å². The standard InChI is InChI=1S/C16H14N8O2S/c25-15-4-3-14(24-10-17-9-19-24)22-23(15)6-5-18-16(26)12-8-11(20-21-12)13-2-1-7-27-13/h1-4,7-10H,5-6H2,(H,18,26)(H,20,21). The summed E-state index contributed by atoms with van der Waals surface area (Å²) in [6, 6.07) is 8.52. The van der Waals surface area contributed by atoms with Crippen molar-refractivity contribution in [2.45, 2.75) is 6.54 Å². The number of carbonyl (C=O) groups is 1. The Morgan fingerprint density at radius 2 is 2.22 bits per heavy atom. The number of rotatable bonds is 6. The first kappa shape index (κ1) is 16.8. The van der Waals surface area contributed by atoms with Crippen LogP contribution in [0.4, 0.5) is 0 Å². The third-order valence-corrected chi connectivity index (χ3v) is 4.62. The van der Waals surface area contributed by atoms with E-state index in [2.05, 4.69) is 30.7 Å². The van der Waals surface area contributed by atoms with Gasteiger partial charge < -0.3 is 5.32 Å². The molecule has 0 aliphatic heterocycles. The highest BCUT2D eigenvalue weighted by Crippen LogP contribution is 2.22. The highest BCUT2D eigenvalue weighted by molar-refractivity contribution is 7.13. The predicted molar refractivity (Wildman–Crippen MR) is 97.6 cm³/mol. The second-order valence-electron chi connectivity index (χ2n) is 5.49. The lowest BCUT2D eigenvalue weighted by atomic mass is 10.3. The molecule has 136 valence electrons. The van der Waals surface area contributed by atoms with Crippen LogP contribution in [-0.4, -0.2) is 47.2 Å². The van der Waals surface area contributed by atoms with E-state index in [1.807, 2.05) is 17.5 Å². The van der Waals surface area contributed by atoms with Crippen molar-refractivity contribution in [1.29, 1.82) is 0 Å². The number of aromatic nitrogens is 7. The maximum Gasteiger partial charge on any atom is 0.271 e. The zero-order valence-electron chi connectivity index (χ0n) is 13.9. The van der Waals surface area contributed by atoms with Crippen molar-refractivity contribution >= 4 is 17.2 Å². The zero-order valence-corrected chi connectivity index (χ0v) is 14.8. The molecule has 4 aromatic heterocycles. The molecule has 27 heavy (non-hydrogen) atoms. The SMILES string of the molecule is O=C(NCCn1nc(-n2cncn2)ccc1=O)c1cc(-c2cccs2)[nH]n1. The van der Waals surface area contributed by atoms with Crippen molar-refractivity contribution in [3.8, 4) is 16.4 Å². The average molecular weight is 382 g/mol. The van der Waals surface area contributed by atoms with Gasteiger partial charge >= 0.3 is 0 Å². The summed E-state index contributed by atoms with van der Waals surface area (Å²) in [5.41, 5.74) is 0.802. The van der Waals surface area contributed by atoms with Gasteiger partial charge in [0.1, 0.15) is 12.7 Å². The first-order valence-electron chi connectivity index (χ1n) is 8.01. The van der Waals surface area contributed by atoms with Gasteiger partial charge in [-0.3, -0.25) is 14.7 Å². The Bertz CT molecular complexity index is 1100. The van der Waals surface area contributed by atoms with Crippen LogP contribution in [0.15, 0.2) is 53.2 Å². The first-order valence-corrected chi connectivity index (χ1v) is 8.89. The number of hydrogen-bond donors (Lipinski definition) is 2. The molecule has 0 atom stereocenters. The maximum absolute atomic E-state index is 12.2. The molecule has 0 aliphatic rings. The van der Waals surface area contributed by atoms with Gasteiger partial charge in [0.05, 0.1) is 17.1 Å². The van der Waals surface area contributed by atoms with E-state index >= 15 is 0 Å². The van der Waals surface area contributed by atoms with Crippen LogP contribution >= 0.6 is 11.3 Å². The minimum Gasteiger partial charge on any atom is -0.349 e. The molecule has 4 rings (SSSR count). The smallest absolute Gasteiger partial charge is 0.271 e. The van der Waals surface area contributed by atoms with Gasteiger partial charge in [0.25, 0.3) is 11.5 Å². The monoisotopic (exact) mass is 382 g/mol. The topological polar surface area (TPSA) is 123 Å². The summed E-state index contributed by atoms with van der Waals surface area (Å²) in [7, 11) is 0. The van der Waals surface area contributed by atoms with Crippen molar-refractivity contribution in [1.82, 2.24) is 40.1 Å². The van der Waals surface area contributed by atoms with E-state index in [9.17, 15) is 9.59 Å². The van der Waals surface area contributed by atoms with Crippen LogP contribution < -0.4 is 10.9 Å². The minimum atomic E-state index is -0.325. The van der Waals surface area contributed by atoms with E-state index in [1.165, 1.54) is 28.1 Å². The fourth-order valence-electron chi connectivity index (χ4n) is 2.41. The van der Waals surface area contributed by atoms with Gasteiger partial charge in [-0.1, -0.05) is 6.07 Å². The Morgan fingerprint density at radius 3 is 3.00 bits per heavy atom. The fourth-order valence-corrected chi connectivity index (χ4v) is 3.10. The van der Waals surface area contributed by atoms with Crippen molar-refractivity contribution in [2.75, 3.05) is 6.54 Å². The van der Waals surface area contributed by atoms with Crippen LogP contribution in [0.5, 0.6) is 0 Å². The number of nitrogens with one attached hydrogen (secondary N) is 2. The largest absolute Gasteiger partial charge is 0.349 e. The molecule has 0 aliphatic carbocycles. The molecule has 4 aromatic rings. The van der Waals surface area contributed by atoms with Crippen molar-refractivity contribution in [3.05, 3.63) is 64.4 Å². The number of hydrogen-bond acceptors (Lipinski definition) is 7. The lowest BCUT2D eigenvalue weighted by Gasteiger charge is -2.07. The number of aromatic amines is 1. The van der Waals surface area contributed by atoms with Crippen LogP contribution in [0, 0.1) is 0 Å². The molecule has 0 saturated carbocycles. The van der Waals surface area contributed by atoms with Crippen molar-refractivity contribution in [2.24, 2.45) is 0 Å². The number of amides is 1. The summed E-state index contributed by atoms with van der Waals surface area (Å²) >= 11 is 1.56. The molecule has 0 spiro atoms. The molecule has 11 heteroatoms. The lowest BCUT2D eigenvalue weighted by Crippen LogP contribution is -2.32. The Balaban J connectivity index is 1.39. The summed E-state index contributed by atoms with van der Waals surface area (Å²) < 4.78 is 2.71. The molecular weight excluding hydrogens is 368 g/mol. The first-order chi connectivity index (χ1) is 13.2. The second-order valence-corrected chi connectivity index (χ2v) is 6.44. The summed E-state index contributed by atoms with van der Waals surface area (Å²) in [5, 5.41) is 19.8. The molecule has 2 N–H and O–H groups in total. The molecule has 0 bridgehead atoms. The van der Waals surface area contributed by atoms with Gasteiger partial charge in [0.2, 0.25) is 0 Å². The summed E-state index contributed by atoms with van der Waals surface area (Å²) in [4.78, 5) is 29.0. The molecule has 1 amide bonds. The van der Waals surface area contributed by atoms with Crippen LogP contribution in [0.1, 0.15) is 10.5 Å². The zero-order chi connectivity index (χ0) is 18.6. The van der Waals surface area contributed by atoms with Gasteiger partial charge in [0.15, 0.2) is 11.5 Å². The van der Waals surface area contributed by atoms with E-state index in [0.717, 1.165) is 10.6 Å². The minimum absolute atomic E-state index is 0.218. The van der Waals surface area contributed by atoms with Crippen molar-refractivity contribution in [3.63, 3.8) is 0 Å². The van der Waals surface area contributed by atoms with Crippen LogP contribution in [0.2, 0.25) is 0 Å². The summed E-state index contributed by atoms with van der Waals surface area (Å²) in [5.74, 6) is 0.140. The van der Waals surface area contributed by atoms with E-state index in [1.54, 1.807) is 23.5 Å². The van der Waals surface area contributed by atoms with Crippen molar-refractivity contribution < 1.29 is 4.79 Å². The highest BCUT2D eigenvalue weighted by Gasteiger charge is 2.12. The third kappa shape index (κ3) is 3.67. The van der Waals surface area contributed by atoms with E-state index < -0.39 is 0 Å². The Labute approximate surface area is 156 Å². The van der Waals surface area contributed by atoms with Gasteiger partial charge in [-0.25, -0.2) is 14.3 Å². The molecule has 0 saturated heterocycles. The maximum atomic E-state index is 12.2. The Morgan fingerprint density at radius 1 is 1.30 bits per heavy atom. The van der Waals surface area contributed by atoms with E-state index in [4.69, 9.17) is 0 Å². The van der Waals surface area contributed by atoms with Gasteiger partial charge in [-0.2, -0.15) is 10.2 Å².